The maximum atomic E-state index is 12.1. The molecule has 0 aliphatic carbocycles. The maximum absolute atomic E-state index is 12.1. The van der Waals surface area contributed by atoms with E-state index in [0.717, 1.165) is 12.0 Å². The number of carbonyl (C=O) groups is 2. The minimum atomic E-state index is -0.794. The second-order valence-electron chi connectivity index (χ2n) is 4.04. The van der Waals surface area contributed by atoms with Gasteiger partial charge in [0.2, 0.25) is 5.78 Å². The number of hydrogen-bond donors (Lipinski definition) is 0. The van der Waals surface area contributed by atoms with Gasteiger partial charge in [-0.15, -0.1) is 0 Å². The van der Waals surface area contributed by atoms with Crippen molar-refractivity contribution in [2.75, 3.05) is 6.61 Å². The lowest BCUT2D eigenvalue weighted by atomic mass is 9.98. The van der Waals surface area contributed by atoms with Crippen LogP contribution in [-0.4, -0.2) is 28.3 Å². The van der Waals surface area contributed by atoms with Crippen molar-refractivity contribution >= 4 is 11.8 Å². The molecule has 0 saturated heterocycles. The molecule has 1 heterocycles. The fourth-order valence-electron chi connectivity index (χ4n) is 1.56. The molecule has 0 aliphatic heterocycles. The molecule has 18 heavy (non-hydrogen) atoms. The van der Waals surface area contributed by atoms with Crippen molar-refractivity contribution in [3.8, 4) is 0 Å². The second-order valence-corrected chi connectivity index (χ2v) is 4.04. The van der Waals surface area contributed by atoms with E-state index >= 15 is 0 Å². The number of carbonyl (C=O) groups excluding carboxylic acids is 2. The SMILES string of the molecule is CCCC(C(=O)OCC)C(=O)c1ncc(C)cn1. The zero-order chi connectivity index (χ0) is 13.5. The van der Waals surface area contributed by atoms with Crippen molar-refractivity contribution < 1.29 is 14.3 Å². The Morgan fingerprint density at radius 1 is 1.28 bits per heavy atom. The third-order valence-corrected chi connectivity index (χ3v) is 2.47. The lowest BCUT2D eigenvalue weighted by Gasteiger charge is -2.12. The molecular weight excluding hydrogens is 232 g/mol. The largest absolute Gasteiger partial charge is 0.465 e. The summed E-state index contributed by atoms with van der Waals surface area (Å²) in [4.78, 5) is 31.8. The summed E-state index contributed by atoms with van der Waals surface area (Å²) >= 11 is 0. The number of aryl methyl sites for hydroxylation is 1. The average Bonchev–Trinajstić information content (AvgIpc) is 2.36. The third-order valence-electron chi connectivity index (χ3n) is 2.47. The molecule has 5 heteroatoms. The molecule has 0 aliphatic rings. The molecule has 0 aromatic carbocycles. The Morgan fingerprint density at radius 3 is 2.39 bits per heavy atom. The van der Waals surface area contributed by atoms with Gasteiger partial charge in [-0.1, -0.05) is 13.3 Å². The van der Waals surface area contributed by atoms with Gasteiger partial charge in [-0.25, -0.2) is 9.97 Å². The van der Waals surface area contributed by atoms with Crippen LogP contribution in [0.3, 0.4) is 0 Å². The van der Waals surface area contributed by atoms with E-state index in [1.165, 1.54) is 0 Å². The van der Waals surface area contributed by atoms with Gasteiger partial charge in [-0.3, -0.25) is 9.59 Å². The molecule has 1 aromatic heterocycles. The summed E-state index contributed by atoms with van der Waals surface area (Å²) in [6, 6.07) is 0. The van der Waals surface area contributed by atoms with Crippen LogP contribution < -0.4 is 0 Å². The minimum absolute atomic E-state index is 0.0760. The van der Waals surface area contributed by atoms with Crippen molar-refractivity contribution in [1.29, 1.82) is 0 Å². The lowest BCUT2D eigenvalue weighted by molar-refractivity contribution is -0.146. The summed E-state index contributed by atoms with van der Waals surface area (Å²) in [6.07, 6.45) is 4.30. The Bertz CT molecular complexity index is 415. The van der Waals surface area contributed by atoms with E-state index in [2.05, 4.69) is 9.97 Å². The van der Waals surface area contributed by atoms with Crippen molar-refractivity contribution in [2.24, 2.45) is 5.92 Å². The predicted molar refractivity (Wildman–Crippen MR) is 66.1 cm³/mol. The summed E-state index contributed by atoms with van der Waals surface area (Å²) in [5.41, 5.74) is 0.870. The standard InChI is InChI=1S/C13H18N2O3/c1-4-6-10(13(17)18-5-2)11(16)12-14-7-9(3)8-15-12/h7-8,10H,4-6H2,1-3H3. The van der Waals surface area contributed by atoms with Gasteiger partial charge in [-0.05, 0) is 25.8 Å². The summed E-state index contributed by atoms with van der Waals surface area (Å²) in [6.45, 7) is 5.73. The van der Waals surface area contributed by atoms with Crippen LogP contribution in [0, 0.1) is 12.8 Å². The summed E-state index contributed by atoms with van der Waals surface area (Å²) in [7, 11) is 0. The van der Waals surface area contributed by atoms with Crippen LogP contribution in [-0.2, 0) is 9.53 Å². The van der Waals surface area contributed by atoms with E-state index < -0.39 is 11.9 Å². The Kier molecular flexibility index (Phi) is 5.42. The zero-order valence-electron chi connectivity index (χ0n) is 11.0. The first-order chi connectivity index (χ1) is 8.60. The maximum Gasteiger partial charge on any atom is 0.316 e. The smallest absolute Gasteiger partial charge is 0.316 e. The van der Waals surface area contributed by atoms with Crippen molar-refractivity contribution in [3.05, 3.63) is 23.8 Å². The number of esters is 1. The van der Waals surface area contributed by atoms with Gasteiger partial charge >= 0.3 is 5.97 Å². The molecule has 0 fully saturated rings. The van der Waals surface area contributed by atoms with Gasteiger partial charge in [0.25, 0.3) is 0 Å². The number of ketones is 1. The predicted octanol–water partition coefficient (Wildman–Crippen LogP) is 1.95. The quantitative estimate of drug-likeness (QED) is 0.438. The molecule has 1 aromatic rings. The molecule has 1 rings (SSSR count). The molecule has 0 bridgehead atoms. The van der Waals surface area contributed by atoms with Crippen LogP contribution in [0.1, 0.15) is 42.9 Å². The van der Waals surface area contributed by atoms with E-state index in [1.807, 2.05) is 13.8 Å². The van der Waals surface area contributed by atoms with Crippen LogP contribution in [0.4, 0.5) is 0 Å². The number of Topliss-reactive ketones (excluding diaryl/α,β-unsaturated/α-hetero) is 1. The third kappa shape index (κ3) is 3.61. The number of nitrogens with zero attached hydrogens (tertiary/aromatic N) is 2. The normalized spacial score (nSPS) is 11.9. The molecule has 0 radical (unpaired) electrons. The van der Waals surface area contributed by atoms with Crippen molar-refractivity contribution in [3.63, 3.8) is 0 Å². The molecule has 1 unspecified atom stereocenters. The fourth-order valence-corrected chi connectivity index (χ4v) is 1.56. The molecule has 0 spiro atoms. The van der Waals surface area contributed by atoms with E-state index in [4.69, 9.17) is 4.74 Å². The Morgan fingerprint density at radius 2 is 1.89 bits per heavy atom. The molecule has 0 N–H and O–H groups in total. The molecule has 1 atom stereocenters. The summed E-state index contributed by atoms with van der Waals surface area (Å²) < 4.78 is 4.91. The van der Waals surface area contributed by atoms with Gasteiger partial charge in [-0.2, -0.15) is 0 Å². The van der Waals surface area contributed by atoms with E-state index in [0.29, 0.717) is 6.42 Å². The first-order valence-corrected chi connectivity index (χ1v) is 6.09. The molecule has 0 amide bonds. The van der Waals surface area contributed by atoms with Gasteiger partial charge < -0.3 is 4.74 Å². The molecule has 0 saturated carbocycles. The van der Waals surface area contributed by atoms with E-state index in [9.17, 15) is 9.59 Å². The molecule has 5 nitrogen and oxygen atoms in total. The average molecular weight is 250 g/mol. The van der Waals surface area contributed by atoms with Crippen molar-refractivity contribution in [1.82, 2.24) is 9.97 Å². The van der Waals surface area contributed by atoms with Crippen molar-refractivity contribution in [2.45, 2.75) is 33.6 Å². The number of aromatic nitrogens is 2. The van der Waals surface area contributed by atoms with Crippen LogP contribution in [0.2, 0.25) is 0 Å². The summed E-state index contributed by atoms with van der Waals surface area (Å²) in [5, 5.41) is 0. The number of rotatable bonds is 6. The number of ether oxygens (including phenoxy) is 1. The topological polar surface area (TPSA) is 69.2 Å². The first kappa shape index (κ1) is 14.3. The van der Waals surface area contributed by atoms with E-state index in [1.54, 1.807) is 19.3 Å². The Hall–Kier alpha value is -1.78. The Labute approximate surface area is 107 Å². The highest BCUT2D eigenvalue weighted by atomic mass is 16.5. The number of hydrogen-bond acceptors (Lipinski definition) is 5. The monoisotopic (exact) mass is 250 g/mol. The molecule has 98 valence electrons. The van der Waals surface area contributed by atoms with Gasteiger partial charge in [0, 0.05) is 12.4 Å². The molecular formula is C13H18N2O3. The highest BCUT2D eigenvalue weighted by Crippen LogP contribution is 2.14. The van der Waals surface area contributed by atoms with E-state index in [-0.39, 0.29) is 18.2 Å². The highest BCUT2D eigenvalue weighted by Gasteiger charge is 2.29. The van der Waals surface area contributed by atoms with Crippen LogP contribution in [0.15, 0.2) is 12.4 Å². The van der Waals surface area contributed by atoms with Crippen LogP contribution in [0.5, 0.6) is 0 Å². The summed E-state index contributed by atoms with van der Waals surface area (Å²) in [5.74, 6) is -1.58. The first-order valence-electron chi connectivity index (χ1n) is 6.09. The van der Waals surface area contributed by atoms with Crippen LogP contribution >= 0.6 is 0 Å². The van der Waals surface area contributed by atoms with Gasteiger partial charge in [0.05, 0.1) is 6.61 Å². The lowest BCUT2D eigenvalue weighted by Crippen LogP contribution is -2.27. The van der Waals surface area contributed by atoms with Gasteiger partial charge in [0.15, 0.2) is 5.82 Å². The zero-order valence-corrected chi connectivity index (χ0v) is 11.0. The van der Waals surface area contributed by atoms with Crippen LogP contribution in [0.25, 0.3) is 0 Å². The highest BCUT2D eigenvalue weighted by molar-refractivity contribution is 6.06. The van der Waals surface area contributed by atoms with Gasteiger partial charge in [0.1, 0.15) is 5.92 Å². The Balaban J connectivity index is 2.88. The second kappa shape index (κ2) is 6.83. The fraction of sp³-hybridized carbons (Fsp3) is 0.538. The minimum Gasteiger partial charge on any atom is -0.465 e.